The highest BCUT2D eigenvalue weighted by atomic mass is 32.1. The Labute approximate surface area is 89.7 Å². The zero-order valence-corrected chi connectivity index (χ0v) is 9.73. The highest BCUT2D eigenvalue weighted by molar-refractivity contribution is 7.09. The number of nitrogens with two attached hydrogens (primary N) is 1. The van der Waals surface area contributed by atoms with E-state index in [-0.39, 0.29) is 6.04 Å². The van der Waals surface area contributed by atoms with Crippen molar-refractivity contribution in [2.24, 2.45) is 5.73 Å². The number of rotatable bonds is 6. The maximum atomic E-state index is 5.73. The standard InChI is InChI=1S/C10H19N3S/c1-3-4-5-12-6-9-7-14-10(13-9)8(2)11/h7-8,12H,3-6,11H2,1-2H3. The van der Waals surface area contributed by atoms with E-state index in [1.165, 1.54) is 12.8 Å². The van der Waals surface area contributed by atoms with Crippen molar-refractivity contribution in [3.05, 3.63) is 16.1 Å². The first-order valence-corrected chi connectivity index (χ1v) is 6.02. The highest BCUT2D eigenvalue weighted by Crippen LogP contribution is 2.15. The minimum Gasteiger partial charge on any atom is -0.322 e. The second-order valence-corrected chi connectivity index (χ2v) is 4.39. The van der Waals surface area contributed by atoms with E-state index < -0.39 is 0 Å². The van der Waals surface area contributed by atoms with Crippen LogP contribution in [0.4, 0.5) is 0 Å². The molecule has 0 radical (unpaired) electrons. The molecule has 0 aromatic carbocycles. The van der Waals surface area contributed by atoms with E-state index in [0.717, 1.165) is 23.8 Å². The highest BCUT2D eigenvalue weighted by Gasteiger charge is 2.04. The Bertz CT molecular complexity index is 258. The van der Waals surface area contributed by atoms with Crippen LogP contribution in [0.2, 0.25) is 0 Å². The van der Waals surface area contributed by atoms with Crippen LogP contribution in [0.15, 0.2) is 5.38 Å². The van der Waals surface area contributed by atoms with Gasteiger partial charge in [-0.1, -0.05) is 13.3 Å². The molecule has 1 unspecified atom stereocenters. The summed E-state index contributed by atoms with van der Waals surface area (Å²) < 4.78 is 0. The van der Waals surface area contributed by atoms with Crippen molar-refractivity contribution < 1.29 is 0 Å². The molecular weight excluding hydrogens is 194 g/mol. The molecule has 14 heavy (non-hydrogen) atoms. The summed E-state index contributed by atoms with van der Waals surface area (Å²) in [6, 6.07) is 0.0596. The number of nitrogens with zero attached hydrogens (tertiary/aromatic N) is 1. The third-order valence-electron chi connectivity index (χ3n) is 1.97. The molecule has 0 fully saturated rings. The molecule has 1 aromatic rings. The van der Waals surface area contributed by atoms with Gasteiger partial charge in [0.15, 0.2) is 0 Å². The molecule has 1 aromatic heterocycles. The lowest BCUT2D eigenvalue weighted by Gasteiger charge is -2.00. The average Bonchev–Trinajstić information content (AvgIpc) is 2.61. The van der Waals surface area contributed by atoms with Crippen LogP contribution in [-0.4, -0.2) is 11.5 Å². The minimum atomic E-state index is 0.0596. The summed E-state index contributed by atoms with van der Waals surface area (Å²) >= 11 is 1.65. The molecule has 1 atom stereocenters. The predicted molar refractivity (Wildman–Crippen MR) is 61.3 cm³/mol. The fourth-order valence-electron chi connectivity index (χ4n) is 1.13. The van der Waals surface area contributed by atoms with Crippen molar-refractivity contribution >= 4 is 11.3 Å². The molecule has 1 rings (SSSR count). The minimum absolute atomic E-state index is 0.0596. The van der Waals surface area contributed by atoms with Crippen LogP contribution >= 0.6 is 11.3 Å². The summed E-state index contributed by atoms with van der Waals surface area (Å²) in [5, 5.41) is 6.46. The lowest BCUT2D eigenvalue weighted by Crippen LogP contribution is -2.15. The molecule has 0 saturated heterocycles. The van der Waals surface area contributed by atoms with Gasteiger partial charge in [0.05, 0.1) is 11.7 Å². The summed E-state index contributed by atoms with van der Waals surface area (Å²) in [6.07, 6.45) is 2.46. The normalized spacial score (nSPS) is 13.1. The third kappa shape index (κ3) is 3.74. The van der Waals surface area contributed by atoms with Crippen LogP contribution in [0.25, 0.3) is 0 Å². The number of aromatic nitrogens is 1. The number of hydrogen-bond donors (Lipinski definition) is 2. The fraction of sp³-hybridized carbons (Fsp3) is 0.700. The van der Waals surface area contributed by atoms with Gasteiger partial charge in [-0.25, -0.2) is 4.98 Å². The van der Waals surface area contributed by atoms with E-state index in [1.807, 2.05) is 6.92 Å². The summed E-state index contributed by atoms with van der Waals surface area (Å²) in [5.74, 6) is 0. The Morgan fingerprint density at radius 3 is 3.00 bits per heavy atom. The number of thiazole rings is 1. The molecule has 4 heteroatoms. The average molecular weight is 213 g/mol. The van der Waals surface area contributed by atoms with Crippen LogP contribution < -0.4 is 11.1 Å². The van der Waals surface area contributed by atoms with Crippen molar-refractivity contribution in [2.45, 2.75) is 39.3 Å². The number of nitrogens with one attached hydrogen (secondary N) is 1. The van der Waals surface area contributed by atoms with Crippen molar-refractivity contribution in [1.82, 2.24) is 10.3 Å². The molecule has 0 bridgehead atoms. The molecule has 3 nitrogen and oxygen atoms in total. The number of hydrogen-bond acceptors (Lipinski definition) is 4. The first-order chi connectivity index (χ1) is 6.74. The van der Waals surface area contributed by atoms with E-state index in [9.17, 15) is 0 Å². The van der Waals surface area contributed by atoms with Gasteiger partial charge in [0, 0.05) is 11.9 Å². The lowest BCUT2D eigenvalue weighted by atomic mass is 10.3. The van der Waals surface area contributed by atoms with Crippen molar-refractivity contribution in [2.75, 3.05) is 6.54 Å². The Morgan fingerprint density at radius 1 is 1.64 bits per heavy atom. The summed E-state index contributed by atoms with van der Waals surface area (Å²) in [5.41, 5.74) is 6.84. The van der Waals surface area contributed by atoms with Crippen LogP contribution in [0.3, 0.4) is 0 Å². The topological polar surface area (TPSA) is 50.9 Å². The monoisotopic (exact) mass is 213 g/mol. The van der Waals surface area contributed by atoms with Crippen molar-refractivity contribution in [3.8, 4) is 0 Å². The molecule has 0 aliphatic heterocycles. The van der Waals surface area contributed by atoms with E-state index in [1.54, 1.807) is 11.3 Å². The first kappa shape index (κ1) is 11.6. The first-order valence-electron chi connectivity index (χ1n) is 5.14. The lowest BCUT2D eigenvalue weighted by molar-refractivity contribution is 0.632. The maximum absolute atomic E-state index is 5.73. The van der Waals surface area contributed by atoms with Crippen LogP contribution in [0, 0.1) is 0 Å². The van der Waals surface area contributed by atoms with E-state index in [2.05, 4.69) is 22.6 Å². The fourth-order valence-corrected chi connectivity index (χ4v) is 1.91. The van der Waals surface area contributed by atoms with Gasteiger partial charge >= 0.3 is 0 Å². The van der Waals surface area contributed by atoms with Gasteiger partial charge in [0.1, 0.15) is 5.01 Å². The molecule has 0 spiro atoms. The van der Waals surface area contributed by atoms with E-state index in [4.69, 9.17) is 5.73 Å². The molecule has 80 valence electrons. The van der Waals surface area contributed by atoms with Gasteiger partial charge < -0.3 is 11.1 Å². The molecule has 0 saturated carbocycles. The Kier molecular flexibility index (Phi) is 5.07. The molecular formula is C10H19N3S. The van der Waals surface area contributed by atoms with Gasteiger partial charge in [0.2, 0.25) is 0 Å². The zero-order chi connectivity index (χ0) is 10.4. The summed E-state index contributed by atoms with van der Waals surface area (Å²) in [4.78, 5) is 4.44. The van der Waals surface area contributed by atoms with E-state index >= 15 is 0 Å². The number of unbranched alkanes of at least 4 members (excludes halogenated alkanes) is 1. The molecule has 1 heterocycles. The zero-order valence-electron chi connectivity index (χ0n) is 8.92. The Hall–Kier alpha value is -0.450. The van der Waals surface area contributed by atoms with Crippen LogP contribution in [0.1, 0.15) is 43.4 Å². The van der Waals surface area contributed by atoms with Crippen molar-refractivity contribution in [1.29, 1.82) is 0 Å². The van der Waals surface area contributed by atoms with Gasteiger partial charge in [-0.05, 0) is 19.9 Å². The second kappa shape index (κ2) is 6.11. The predicted octanol–water partition coefficient (Wildman–Crippen LogP) is 2.05. The van der Waals surface area contributed by atoms with Gasteiger partial charge in [-0.2, -0.15) is 0 Å². The van der Waals surface area contributed by atoms with Crippen LogP contribution in [0.5, 0.6) is 0 Å². The maximum Gasteiger partial charge on any atom is 0.109 e. The molecule has 0 aliphatic carbocycles. The quantitative estimate of drug-likeness (QED) is 0.711. The van der Waals surface area contributed by atoms with Gasteiger partial charge in [0.25, 0.3) is 0 Å². The summed E-state index contributed by atoms with van der Waals surface area (Å²) in [6.45, 7) is 6.09. The molecule has 3 N–H and O–H groups in total. The Morgan fingerprint density at radius 2 is 2.43 bits per heavy atom. The Balaban J connectivity index is 2.29. The largest absolute Gasteiger partial charge is 0.322 e. The van der Waals surface area contributed by atoms with Gasteiger partial charge in [-0.3, -0.25) is 0 Å². The van der Waals surface area contributed by atoms with Gasteiger partial charge in [-0.15, -0.1) is 11.3 Å². The smallest absolute Gasteiger partial charge is 0.109 e. The second-order valence-electron chi connectivity index (χ2n) is 3.50. The molecule has 0 amide bonds. The SMILES string of the molecule is CCCCNCc1csc(C(C)N)n1. The third-order valence-corrected chi connectivity index (χ3v) is 3.07. The van der Waals surface area contributed by atoms with Crippen LogP contribution in [-0.2, 0) is 6.54 Å². The summed E-state index contributed by atoms with van der Waals surface area (Å²) in [7, 11) is 0. The van der Waals surface area contributed by atoms with E-state index in [0.29, 0.717) is 0 Å². The van der Waals surface area contributed by atoms with Crippen molar-refractivity contribution in [3.63, 3.8) is 0 Å². The molecule has 0 aliphatic rings.